The number of aliphatic hydroxyl groups excluding tert-OH is 1. The zero-order valence-electron chi connectivity index (χ0n) is 12.1. The predicted octanol–water partition coefficient (Wildman–Crippen LogP) is 1.83. The predicted molar refractivity (Wildman–Crippen MR) is 79.1 cm³/mol. The van der Waals surface area contributed by atoms with Crippen LogP contribution in [0.4, 0.5) is 0 Å². The van der Waals surface area contributed by atoms with Crippen LogP contribution in [0.15, 0.2) is 30.3 Å². The van der Waals surface area contributed by atoms with E-state index in [1.54, 1.807) is 0 Å². The third-order valence-electron chi connectivity index (χ3n) is 4.04. The van der Waals surface area contributed by atoms with Crippen molar-refractivity contribution >= 4 is 0 Å². The van der Waals surface area contributed by atoms with Crippen LogP contribution in [0, 0.1) is 5.92 Å². The fraction of sp³-hybridized carbons (Fsp3) is 0.625. The summed E-state index contributed by atoms with van der Waals surface area (Å²) >= 11 is 0. The van der Waals surface area contributed by atoms with Crippen molar-refractivity contribution in [3.8, 4) is 0 Å². The summed E-state index contributed by atoms with van der Waals surface area (Å²) in [5, 5.41) is 13.6. The number of hydrogen-bond acceptors (Lipinski definition) is 3. The molecule has 1 aromatic rings. The molecule has 0 aliphatic carbocycles. The first-order valence-corrected chi connectivity index (χ1v) is 7.31. The van der Waals surface area contributed by atoms with E-state index in [2.05, 4.69) is 48.3 Å². The molecule has 106 valence electrons. The first kappa shape index (κ1) is 14.5. The number of nitrogens with one attached hydrogen (secondary N) is 1. The summed E-state index contributed by atoms with van der Waals surface area (Å²) in [5.74, 6) is 0.558. The molecule has 1 aliphatic heterocycles. The van der Waals surface area contributed by atoms with Gasteiger partial charge in [0.05, 0.1) is 12.1 Å². The van der Waals surface area contributed by atoms with Crippen molar-refractivity contribution in [2.45, 2.75) is 25.8 Å². The summed E-state index contributed by atoms with van der Waals surface area (Å²) in [6.45, 7) is 8.67. The van der Waals surface area contributed by atoms with Crippen molar-refractivity contribution in [3.63, 3.8) is 0 Å². The second-order valence-electron chi connectivity index (χ2n) is 5.89. The number of nitrogens with zero attached hydrogens (tertiary/aromatic N) is 1. The molecule has 0 radical (unpaired) electrons. The molecule has 1 fully saturated rings. The molecule has 0 spiro atoms. The monoisotopic (exact) mass is 262 g/mol. The van der Waals surface area contributed by atoms with Gasteiger partial charge in [-0.2, -0.15) is 0 Å². The maximum Gasteiger partial charge on any atom is 0.0697 e. The Kier molecular flexibility index (Phi) is 4.97. The molecule has 19 heavy (non-hydrogen) atoms. The van der Waals surface area contributed by atoms with E-state index in [9.17, 15) is 5.11 Å². The largest absolute Gasteiger partial charge is 0.394 e. The van der Waals surface area contributed by atoms with Crippen molar-refractivity contribution in [3.05, 3.63) is 35.9 Å². The van der Waals surface area contributed by atoms with E-state index in [0.29, 0.717) is 5.92 Å². The Balaban J connectivity index is 2.35. The molecule has 2 N–H and O–H groups in total. The summed E-state index contributed by atoms with van der Waals surface area (Å²) in [5.41, 5.74) is 1.02. The van der Waals surface area contributed by atoms with Crippen LogP contribution in [0.25, 0.3) is 0 Å². The number of rotatable bonds is 5. The van der Waals surface area contributed by atoms with Gasteiger partial charge in [0.15, 0.2) is 0 Å². The third-order valence-corrected chi connectivity index (χ3v) is 4.04. The van der Waals surface area contributed by atoms with Crippen LogP contribution in [0.1, 0.15) is 25.8 Å². The van der Waals surface area contributed by atoms with Gasteiger partial charge in [-0.3, -0.25) is 4.90 Å². The van der Waals surface area contributed by atoms with Crippen LogP contribution in [0.2, 0.25) is 0 Å². The van der Waals surface area contributed by atoms with Gasteiger partial charge in [-0.05, 0) is 17.9 Å². The van der Waals surface area contributed by atoms with Crippen molar-refractivity contribution in [1.82, 2.24) is 10.2 Å². The Morgan fingerprint density at radius 3 is 2.37 bits per heavy atom. The zero-order chi connectivity index (χ0) is 13.7. The standard InChI is InChI=1S/C16H26N2O/c1-14(2)12-16(13-19,15-6-4-3-5-7-15)18-10-8-17-9-11-18/h3-7,14,17,19H,8-13H2,1-2H3. The average Bonchev–Trinajstić information content (AvgIpc) is 2.46. The molecule has 0 saturated carbocycles. The Morgan fingerprint density at radius 1 is 1.21 bits per heavy atom. The Labute approximate surface area is 116 Å². The van der Waals surface area contributed by atoms with Crippen molar-refractivity contribution < 1.29 is 5.11 Å². The van der Waals surface area contributed by atoms with Crippen LogP contribution in [0.5, 0.6) is 0 Å². The number of hydrogen-bond donors (Lipinski definition) is 2. The molecular weight excluding hydrogens is 236 g/mol. The summed E-state index contributed by atoms with van der Waals surface area (Å²) in [6, 6.07) is 10.5. The molecule has 0 bridgehead atoms. The fourth-order valence-corrected chi connectivity index (χ4v) is 3.20. The lowest BCUT2D eigenvalue weighted by atomic mass is 9.81. The maximum atomic E-state index is 10.2. The van der Waals surface area contributed by atoms with Gasteiger partial charge in [0.25, 0.3) is 0 Å². The van der Waals surface area contributed by atoms with E-state index in [1.807, 2.05) is 6.07 Å². The van der Waals surface area contributed by atoms with Crippen molar-refractivity contribution in [1.29, 1.82) is 0 Å². The lowest BCUT2D eigenvalue weighted by Gasteiger charge is -2.46. The van der Waals surface area contributed by atoms with Crippen LogP contribution < -0.4 is 5.32 Å². The van der Waals surface area contributed by atoms with Crippen molar-refractivity contribution in [2.75, 3.05) is 32.8 Å². The van der Waals surface area contributed by atoms with Gasteiger partial charge in [-0.1, -0.05) is 44.2 Å². The lowest BCUT2D eigenvalue weighted by molar-refractivity contribution is 0.00145. The molecule has 3 heteroatoms. The molecule has 1 aliphatic rings. The van der Waals surface area contributed by atoms with Gasteiger partial charge in [-0.25, -0.2) is 0 Å². The summed E-state index contributed by atoms with van der Waals surface area (Å²) in [6.07, 6.45) is 0.994. The van der Waals surface area contributed by atoms with Gasteiger partial charge < -0.3 is 10.4 Å². The molecule has 1 unspecified atom stereocenters. The molecule has 0 aromatic heterocycles. The van der Waals surface area contributed by atoms with Gasteiger partial charge in [0.1, 0.15) is 0 Å². The Hall–Kier alpha value is -0.900. The van der Waals surface area contributed by atoms with E-state index in [4.69, 9.17) is 0 Å². The second kappa shape index (κ2) is 6.51. The Bertz CT molecular complexity index is 374. The number of benzene rings is 1. The minimum absolute atomic E-state index is 0.190. The molecule has 1 saturated heterocycles. The third kappa shape index (κ3) is 3.16. The molecule has 0 amide bonds. The van der Waals surface area contributed by atoms with E-state index in [-0.39, 0.29) is 12.1 Å². The second-order valence-corrected chi connectivity index (χ2v) is 5.89. The van der Waals surface area contributed by atoms with E-state index >= 15 is 0 Å². The molecule has 1 heterocycles. The van der Waals surface area contributed by atoms with E-state index in [0.717, 1.165) is 32.6 Å². The summed E-state index contributed by atoms with van der Waals surface area (Å²) < 4.78 is 0. The first-order chi connectivity index (χ1) is 9.19. The highest BCUT2D eigenvalue weighted by Gasteiger charge is 2.38. The summed E-state index contributed by atoms with van der Waals surface area (Å²) in [7, 11) is 0. The molecule has 1 aromatic carbocycles. The number of piperazine rings is 1. The first-order valence-electron chi connectivity index (χ1n) is 7.31. The zero-order valence-corrected chi connectivity index (χ0v) is 12.1. The van der Waals surface area contributed by atoms with Gasteiger partial charge in [-0.15, -0.1) is 0 Å². The topological polar surface area (TPSA) is 35.5 Å². The van der Waals surface area contributed by atoms with Crippen LogP contribution in [-0.4, -0.2) is 42.8 Å². The smallest absolute Gasteiger partial charge is 0.0697 e. The van der Waals surface area contributed by atoms with Crippen LogP contribution >= 0.6 is 0 Å². The minimum Gasteiger partial charge on any atom is -0.394 e. The average molecular weight is 262 g/mol. The van der Waals surface area contributed by atoms with E-state index in [1.165, 1.54) is 5.56 Å². The van der Waals surface area contributed by atoms with Crippen molar-refractivity contribution in [2.24, 2.45) is 5.92 Å². The number of aliphatic hydroxyl groups is 1. The maximum absolute atomic E-state index is 10.2. The van der Waals surface area contributed by atoms with Gasteiger partial charge in [0.2, 0.25) is 0 Å². The molecule has 1 atom stereocenters. The van der Waals surface area contributed by atoms with E-state index < -0.39 is 0 Å². The minimum atomic E-state index is -0.225. The molecular formula is C16H26N2O. The lowest BCUT2D eigenvalue weighted by Crippen LogP contribution is -2.56. The highest BCUT2D eigenvalue weighted by molar-refractivity contribution is 5.25. The normalized spacial score (nSPS) is 20.4. The summed E-state index contributed by atoms with van der Waals surface area (Å²) in [4.78, 5) is 2.46. The highest BCUT2D eigenvalue weighted by atomic mass is 16.3. The van der Waals surface area contributed by atoms with Crippen LogP contribution in [-0.2, 0) is 5.54 Å². The highest BCUT2D eigenvalue weighted by Crippen LogP contribution is 2.35. The molecule has 2 rings (SSSR count). The quantitative estimate of drug-likeness (QED) is 0.850. The molecule has 3 nitrogen and oxygen atoms in total. The fourth-order valence-electron chi connectivity index (χ4n) is 3.20. The van der Waals surface area contributed by atoms with Gasteiger partial charge >= 0.3 is 0 Å². The Morgan fingerprint density at radius 2 is 1.84 bits per heavy atom. The SMILES string of the molecule is CC(C)CC(CO)(c1ccccc1)N1CCNCC1. The van der Waals surface area contributed by atoms with Gasteiger partial charge in [0, 0.05) is 26.2 Å². The van der Waals surface area contributed by atoms with Crippen LogP contribution in [0.3, 0.4) is 0 Å².